The molecular weight excluding hydrogens is 428 g/mol. The summed E-state index contributed by atoms with van der Waals surface area (Å²) in [7, 11) is 0. The standard InChI is InChI=1S/C27H36N4O3/c1-20(2)25(30-27(34)28-19-22-11-7-4-8-12-22)26(33)31-17-15-23(16-18-31)29-24(32)14-13-21-9-5-3-6-10-21/h3-12,20,23,25H,13-19H2,1-2H3,(H,29,32)(H2,28,30,34). The Labute approximate surface area is 202 Å². The van der Waals surface area contributed by atoms with Gasteiger partial charge in [-0.2, -0.15) is 0 Å². The molecule has 1 saturated heterocycles. The first-order valence-electron chi connectivity index (χ1n) is 12.1. The summed E-state index contributed by atoms with van der Waals surface area (Å²) in [6, 6.07) is 18.8. The van der Waals surface area contributed by atoms with Gasteiger partial charge < -0.3 is 20.9 Å². The Hall–Kier alpha value is -3.35. The number of rotatable bonds is 9. The van der Waals surface area contributed by atoms with Crippen LogP contribution in [0.2, 0.25) is 0 Å². The van der Waals surface area contributed by atoms with Crippen molar-refractivity contribution < 1.29 is 14.4 Å². The highest BCUT2D eigenvalue weighted by Gasteiger charge is 2.31. The number of aryl methyl sites for hydroxylation is 1. The minimum absolute atomic E-state index is 0.0367. The van der Waals surface area contributed by atoms with E-state index in [2.05, 4.69) is 16.0 Å². The molecule has 0 aromatic heterocycles. The highest BCUT2D eigenvalue weighted by atomic mass is 16.2. The van der Waals surface area contributed by atoms with E-state index in [1.54, 1.807) is 4.90 Å². The topological polar surface area (TPSA) is 90.5 Å². The summed E-state index contributed by atoms with van der Waals surface area (Å²) in [5.41, 5.74) is 2.15. The highest BCUT2D eigenvalue weighted by molar-refractivity contribution is 5.87. The van der Waals surface area contributed by atoms with Crippen molar-refractivity contribution in [3.8, 4) is 0 Å². The summed E-state index contributed by atoms with van der Waals surface area (Å²) >= 11 is 0. The molecule has 1 atom stereocenters. The van der Waals surface area contributed by atoms with E-state index in [1.165, 1.54) is 0 Å². The Bertz CT molecular complexity index is 925. The Morgan fingerprint density at radius 2 is 1.50 bits per heavy atom. The van der Waals surface area contributed by atoms with Gasteiger partial charge in [-0.3, -0.25) is 9.59 Å². The van der Waals surface area contributed by atoms with Crippen molar-refractivity contribution in [1.82, 2.24) is 20.9 Å². The fraction of sp³-hybridized carbons (Fsp3) is 0.444. The molecule has 0 bridgehead atoms. The molecule has 1 aliphatic rings. The van der Waals surface area contributed by atoms with Gasteiger partial charge >= 0.3 is 6.03 Å². The van der Waals surface area contributed by atoms with Gasteiger partial charge in [-0.25, -0.2) is 4.79 Å². The molecule has 7 heteroatoms. The van der Waals surface area contributed by atoms with E-state index in [-0.39, 0.29) is 29.8 Å². The average Bonchev–Trinajstić information content (AvgIpc) is 2.86. The summed E-state index contributed by atoms with van der Waals surface area (Å²) in [6.45, 7) is 5.40. The van der Waals surface area contributed by atoms with Crippen LogP contribution in [-0.4, -0.2) is 47.9 Å². The molecule has 3 rings (SSSR count). The van der Waals surface area contributed by atoms with Crippen molar-refractivity contribution in [2.75, 3.05) is 13.1 Å². The first-order chi connectivity index (χ1) is 16.4. The third-order valence-corrected chi connectivity index (χ3v) is 6.17. The van der Waals surface area contributed by atoms with Crippen LogP contribution in [0.3, 0.4) is 0 Å². The van der Waals surface area contributed by atoms with E-state index in [0.717, 1.165) is 17.5 Å². The van der Waals surface area contributed by atoms with Gasteiger partial charge in [0.15, 0.2) is 0 Å². The van der Waals surface area contributed by atoms with Crippen molar-refractivity contribution in [3.63, 3.8) is 0 Å². The van der Waals surface area contributed by atoms with Crippen LogP contribution in [0, 0.1) is 5.92 Å². The second kappa shape index (κ2) is 12.8. The van der Waals surface area contributed by atoms with E-state index in [4.69, 9.17) is 0 Å². The zero-order valence-electron chi connectivity index (χ0n) is 20.1. The fourth-order valence-electron chi connectivity index (χ4n) is 4.13. The maximum Gasteiger partial charge on any atom is 0.315 e. The SMILES string of the molecule is CC(C)C(NC(=O)NCc1ccccc1)C(=O)N1CCC(NC(=O)CCc2ccccc2)CC1. The van der Waals surface area contributed by atoms with Crippen molar-refractivity contribution >= 4 is 17.8 Å². The number of piperidine rings is 1. The molecule has 7 nitrogen and oxygen atoms in total. The molecule has 34 heavy (non-hydrogen) atoms. The lowest BCUT2D eigenvalue weighted by atomic mass is 9.99. The number of urea groups is 1. The number of likely N-dealkylation sites (tertiary alicyclic amines) is 1. The lowest BCUT2D eigenvalue weighted by Crippen LogP contribution is -2.56. The highest BCUT2D eigenvalue weighted by Crippen LogP contribution is 2.15. The van der Waals surface area contributed by atoms with Gasteiger partial charge in [0.2, 0.25) is 11.8 Å². The van der Waals surface area contributed by atoms with Gasteiger partial charge in [0.1, 0.15) is 6.04 Å². The zero-order valence-corrected chi connectivity index (χ0v) is 20.1. The second-order valence-corrected chi connectivity index (χ2v) is 9.19. The number of nitrogens with one attached hydrogen (secondary N) is 3. The third kappa shape index (κ3) is 7.90. The normalized spacial score (nSPS) is 15.0. The summed E-state index contributed by atoms with van der Waals surface area (Å²) in [5.74, 6) is -0.0606. The summed E-state index contributed by atoms with van der Waals surface area (Å²) < 4.78 is 0. The molecule has 0 spiro atoms. The van der Waals surface area contributed by atoms with Gasteiger partial charge in [-0.05, 0) is 36.3 Å². The van der Waals surface area contributed by atoms with Crippen LogP contribution in [0.1, 0.15) is 44.2 Å². The minimum atomic E-state index is -0.590. The summed E-state index contributed by atoms with van der Waals surface area (Å²) in [5, 5.41) is 8.78. The van der Waals surface area contributed by atoms with E-state index < -0.39 is 6.04 Å². The number of carbonyl (C=O) groups is 3. The predicted octanol–water partition coefficient (Wildman–Crippen LogP) is 3.25. The lowest BCUT2D eigenvalue weighted by Gasteiger charge is -2.35. The van der Waals surface area contributed by atoms with Gasteiger partial charge in [-0.15, -0.1) is 0 Å². The Morgan fingerprint density at radius 3 is 2.09 bits per heavy atom. The summed E-state index contributed by atoms with van der Waals surface area (Å²) in [4.78, 5) is 39.7. The molecule has 2 aromatic rings. The van der Waals surface area contributed by atoms with E-state index in [1.807, 2.05) is 74.5 Å². The van der Waals surface area contributed by atoms with E-state index in [0.29, 0.717) is 38.9 Å². The first kappa shape index (κ1) is 25.3. The number of hydrogen-bond donors (Lipinski definition) is 3. The Morgan fingerprint density at radius 1 is 0.912 bits per heavy atom. The molecule has 1 aliphatic heterocycles. The predicted molar refractivity (Wildman–Crippen MR) is 133 cm³/mol. The van der Waals surface area contributed by atoms with Gasteiger partial charge in [0.25, 0.3) is 0 Å². The lowest BCUT2D eigenvalue weighted by molar-refractivity contribution is -0.135. The number of benzene rings is 2. The smallest absolute Gasteiger partial charge is 0.315 e. The van der Waals surface area contributed by atoms with Gasteiger partial charge in [0, 0.05) is 32.1 Å². The molecule has 0 radical (unpaired) electrons. The molecule has 1 heterocycles. The van der Waals surface area contributed by atoms with Crippen molar-refractivity contribution in [1.29, 1.82) is 0 Å². The van der Waals surface area contributed by atoms with Gasteiger partial charge in [-0.1, -0.05) is 74.5 Å². The van der Waals surface area contributed by atoms with Crippen molar-refractivity contribution in [3.05, 3.63) is 71.8 Å². The number of nitrogens with zero attached hydrogens (tertiary/aromatic N) is 1. The molecule has 3 N–H and O–H groups in total. The zero-order chi connectivity index (χ0) is 24.3. The Kier molecular flexibility index (Phi) is 9.50. The first-order valence-corrected chi connectivity index (χ1v) is 12.1. The number of carbonyl (C=O) groups excluding carboxylic acids is 3. The second-order valence-electron chi connectivity index (χ2n) is 9.19. The molecule has 4 amide bonds. The average molecular weight is 465 g/mol. The quantitative estimate of drug-likeness (QED) is 0.532. The maximum atomic E-state index is 13.1. The molecule has 2 aromatic carbocycles. The van der Waals surface area contributed by atoms with Crippen LogP contribution < -0.4 is 16.0 Å². The van der Waals surface area contributed by atoms with Crippen molar-refractivity contribution in [2.45, 2.75) is 58.2 Å². The monoisotopic (exact) mass is 464 g/mol. The van der Waals surface area contributed by atoms with Crippen LogP contribution >= 0.6 is 0 Å². The molecule has 0 aliphatic carbocycles. The molecule has 1 fully saturated rings. The van der Waals surface area contributed by atoms with E-state index in [9.17, 15) is 14.4 Å². The Balaban J connectivity index is 1.41. The van der Waals surface area contributed by atoms with Crippen LogP contribution in [0.25, 0.3) is 0 Å². The number of hydrogen-bond acceptors (Lipinski definition) is 3. The molecule has 0 saturated carbocycles. The van der Waals surface area contributed by atoms with Crippen LogP contribution in [0.15, 0.2) is 60.7 Å². The van der Waals surface area contributed by atoms with Crippen LogP contribution in [0.4, 0.5) is 4.79 Å². The van der Waals surface area contributed by atoms with Gasteiger partial charge in [0.05, 0.1) is 0 Å². The van der Waals surface area contributed by atoms with E-state index >= 15 is 0 Å². The van der Waals surface area contributed by atoms with Crippen LogP contribution in [0.5, 0.6) is 0 Å². The minimum Gasteiger partial charge on any atom is -0.353 e. The molecule has 1 unspecified atom stereocenters. The van der Waals surface area contributed by atoms with Crippen molar-refractivity contribution in [2.24, 2.45) is 5.92 Å². The maximum absolute atomic E-state index is 13.1. The molecular formula is C27H36N4O3. The molecule has 182 valence electrons. The third-order valence-electron chi connectivity index (χ3n) is 6.17. The fourth-order valence-corrected chi connectivity index (χ4v) is 4.13. The van der Waals surface area contributed by atoms with Crippen LogP contribution in [-0.2, 0) is 22.6 Å². The largest absolute Gasteiger partial charge is 0.353 e. The number of amides is 4. The summed E-state index contributed by atoms with van der Waals surface area (Å²) in [6.07, 6.45) is 2.61.